The minimum atomic E-state index is -0.133. The monoisotopic (exact) mass is 242 g/mol. The first-order valence-electron chi connectivity index (χ1n) is 6.04. The fourth-order valence-electron chi connectivity index (χ4n) is 1.89. The number of hydrogen-bond acceptors (Lipinski definition) is 2. The second-order valence-corrected chi connectivity index (χ2v) is 5.58. The largest absolute Gasteiger partial charge is 0.298 e. The summed E-state index contributed by atoms with van der Waals surface area (Å²) in [4.78, 5) is 11.1. The first-order chi connectivity index (χ1) is 8.41. The van der Waals surface area contributed by atoms with Crippen LogP contribution >= 0.6 is 0 Å². The predicted molar refractivity (Wildman–Crippen MR) is 72.4 cm³/mol. The van der Waals surface area contributed by atoms with E-state index in [1.165, 1.54) is 5.56 Å². The van der Waals surface area contributed by atoms with E-state index < -0.39 is 0 Å². The fraction of sp³-hybridized carbons (Fsp3) is 0.333. The number of nitrogens with zero attached hydrogens (tertiary/aromatic N) is 2. The van der Waals surface area contributed by atoms with E-state index in [9.17, 15) is 4.79 Å². The van der Waals surface area contributed by atoms with Crippen molar-refractivity contribution < 1.29 is 4.79 Å². The number of benzene rings is 1. The van der Waals surface area contributed by atoms with Crippen LogP contribution in [0.4, 0.5) is 0 Å². The first kappa shape index (κ1) is 12.6. The molecule has 1 aromatic carbocycles. The van der Waals surface area contributed by atoms with Crippen molar-refractivity contribution in [3.63, 3.8) is 0 Å². The summed E-state index contributed by atoms with van der Waals surface area (Å²) in [7, 11) is 0. The van der Waals surface area contributed by atoms with Gasteiger partial charge in [-0.25, -0.2) is 4.68 Å². The molecule has 0 aliphatic carbocycles. The Kier molecular flexibility index (Phi) is 3.07. The Morgan fingerprint density at radius 2 is 1.78 bits per heavy atom. The smallest absolute Gasteiger partial charge is 0.153 e. The quantitative estimate of drug-likeness (QED) is 0.757. The van der Waals surface area contributed by atoms with E-state index in [4.69, 9.17) is 0 Å². The maximum Gasteiger partial charge on any atom is 0.153 e. The topological polar surface area (TPSA) is 34.9 Å². The molecule has 0 saturated carbocycles. The molecular formula is C15H18N2O. The summed E-state index contributed by atoms with van der Waals surface area (Å²) in [6.45, 7) is 8.22. The van der Waals surface area contributed by atoms with E-state index in [0.717, 1.165) is 17.7 Å². The maximum atomic E-state index is 11.1. The minimum Gasteiger partial charge on any atom is -0.298 e. The third-order valence-corrected chi connectivity index (χ3v) is 2.88. The average molecular weight is 242 g/mol. The molecular weight excluding hydrogens is 224 g/mol. The molecule has 2 rings (SSSR count). The summed E-state index contributed by atoms with van der Waals surface area (Å²) in [5.74, 6) is 0. The number of aryl methyl sites for hydroxylation is 1. The normalized spacial score (nSPS) is 11.6. The third kappa shape index (κ3) is 2.35. The standard InChI is InChI=1S/C15H18N2O/c1-11-5-7-13(8-6-11)17-9-12(10-18)14(16-17)15(2,3)4/h5-10H,1-4H3. The molecule has 0 saturated heterocycles. The van der Waals surface area contributed by atoms with Gasteiger partial charge in [-0.1, -0.05) is 38.5 Å². The van der Waals surface area contributed by atoms with Gasteiger partial charge in [-0.15, -0.1) is 0 Å². The Morgan fingerprint density at radius 3 is 2.22 bits per heavy atom. The number of hydrogen-bond donors (Lipinski definition) is 0. The molecule has 0 radical (unpaired) electrons. The van der Waals surface area contributed by atoms with Gasteiger partial charge < -0.3 is 0 Å². The van der Waals surface area contributed by atoms with E-state index in [1.807, 2.05) is 31.2 Å². The lowest BCUT2D eigenvalue weighted by atomic mass is 9.90. The zero-order chi connectivity index (χ0) is 13.3. The van der Waals surface area contributed by atoms with Crippen LogP contribution in [0.2, 0.25) is 0 Å². The number of aldehydes is 1. The number of rotatable bonds is 2. The molecule has 0 aliphatic rings. The van der Waals surface area contributed by atoms with Crippen molar-refractivity contribution >= 4 is 6.29 Å². The van der Waals surface area contributed by atoms with Gasteiger partial charge in [-0.2, -0.15) is 5.10 Å². The molecule has 0 atom stereocenters. The highest BCUT2D eigenvalue weighted by atomic mass is 16.1. The Hall–Kier alpha value is -1.90. The molecule has 3 heteroatoms. The average Bonchev–Trinajstić information content (AvgIpc) is 2.73. The zero-order valence-electron chi connectivity index (χ0n) is 11.3. The Morgan fingerprint density at radius 1 is 1.17 bits per heavy atom. The van der Waals surface area contributed by atoms with Gasteiger partial charge in [0.05, 0.1) is 16.9 Å². The van der Waals surface area contributed by atoms with E-state index in [0.29, 0.717) is 5.56 Å². The maximum absolute atomic E-state index is 11.1. The molecule has 0 amide bonds. The molecule has 0 spiro atoms. The lowest BCUT2D eigenvalue weighted by Crippen LogP contribution is -2.14. The highest BCUT2D eigenvalue weighted by molar-refractivity contribution is 5.77. The van der Waals surface area contributed by atoms with Crippen molar-refractivity contribution in [1.82, 2.24) is 9.78 Å². The summed E-state index contributed by atoms with van der Waals surface area (Å²) in [6.07, 6.45) is 2.66. The van der Waals surface area contributed by atoms with Crippen molar-refractivity contribution in [2.75, 3.05) is 0 Å². The summed E-state index contributed by atoms with van der Waals surface area (Å²) >= 11 is 0. The molecule has 3 nitrogen and oxygen atoms in total. The Balaban J connectivity index is 2.50. The van der Waals surface area contributed by atoms with Crippen molar-refractivity contribution in [2.45, 2.75) is 33.1 Å². The third-order valence-electron chi connectivity index (χ3n) is 2.88. The highest BCUT2D eigenvalue weighted by Gasteiger charge is 2.22. The number of carbonyl (C=O) groups excluding carboxylic acids is 1. The molecule has 0 N–H and O–H groups in total. The number of carbonyl (C=O) groups is 1. The van der Waals surface area contributed by atoms with Gasteiger partial charge in [-0.3, -0.25) is 4.79 Å². The van der Waals surface area contributed by atoms with Crippen LogP contribution in [-0.4, -0.2) is 16.1 Å². The fourth-order valence-corrected chi connectivity index (χ4v) is 1.89. The predicted octanol–water partition coefficient (Wildman–Crippen LogP) is 3.29. The van der Waals surface area contributed by atoms with Crippen LogP contribution in [0, 0.1) is 6.92 Å². The molecule has 18 heavy (non-hydrogen) atoms. The second kappa shape index (κ2) is 4.41. The van der Waals surface area contributed by atoms with Crippen LogP contribution in [0.1, 0.15) is 42.4 Å². The van der Waals surface area contributed by atoms with Gasteiger partial charge in [0.15, 0.2) is 6.29 Å². The van der Waals surface area contributed by atoms with Gasteiger partial charge in [0, 0.05) is 11.6 Å². The Bertz CT molecular complexity index is 559. The lowest BCUT2D eigenvalue weighted by Gasteiger charge is -2.15. The first-order valence-corrected chi connectivity index (χ1v) is 6.04. The second-order valence-electron chi connectivity index (χ2n) is 5.58. The van der Waals surface area contributed by atoms with Gasteiger partial charge in [0.2, 0.25) is 0 Å². The molecule has 0 aliphatic heterocycles. The van der Waals surface area contributed by atoms with Crippen molar-refractivity contribution in [3.05, 3.63) is 47.3 Å². The SMILES string of the molecule is Cc1ccc(-n2cc(C=O)c(C(C)(C)C)n2)cc1. The molecule has 2 aromatic rings. The highest BCUT2D eigenvalue weighted by Crippen LogP contribution is 2.24. The van der Waals surface area contributed by atoms with Crippen molar-refractivity contribution in [2.24, 2.45) is 0 Å². The van der Waals surface area contributed by atoms with Crippen molar-refractivity contribution in [3.8, 4) is 5.69 Å². The van der Waals surface area contributed by atoms with E-state index in [2.05, 4.69) is 25.9 Å². The molecule has 94 valence electrons. The van der Waals surface area contributed by atoms with Crippen LogP contribution in [0.15, 0.2) is 30.5 Å². The van der Waals surface area contributed by atoms with Gasteiger partial charge in [-0.05, 0) is 19.1 Å². The van der Waals surface area contributed by atoms with Gasteiger partial charge in [0.25, 0.3) is 0 Å². The van der Waals surface area contributed by atoms with Gasteiger partial charge in [0.1, 0.15) is 0 Å². The van der Waals surface area contributed by atoms with E-state index >= 15 is 0 Å². The minimum absolute atomic E-state index is 0.133. The van der Waals surface area contributed by atoms with Crippen molar-refractivity contribution in [1.29, 1.82) is 0 Å². The summed E-state index contributed by atoms with van der Waals surface area (Å²) < 4.78 is 1.77. The van der Waals surface area contributed by atoms with Crippen LogP contribution in [0.3, 0.4) is 0 Å². The lowest BCUT2D eigenvalue weighted by molar-refractivity contribution is 0.112. The van der Waals surface area contributed by atoms with E-state index in [1.54, 1.807) is 10.9 Å². The Labute approximate surface area is 107 Å². The molecule has 0 unspecified atom stereocenters. The molecule has 0 bridgehead atoms. The zero-order valence-corrected chi connectivity index (χ0v) is 11.3. The molecule has 0 fully saturated rings. The van der Waals surface area contributed by atoms with Crippen LogP contribution in [0.5, 0.6) is 0 Å². The molecule has 1 aromatic heterocycles. The summed E-state index contributed by atoms with van der Waals surface area (Å²) in [5.41, 5.74) is 3.53. The summed E-state index contributed by atoms with van der Waals surface area (Å²) in [5, 5.41) is 4.54. The van der Waals surface area contributed by atoms with Crippen LogP contribution in [-0.2, 0) is 5.41 Å². The van der Waals surface area contributed by atoms with Gasteiger partial charge >= 0.3 is 0 Å². The van der Waals surface area contributed by atoms with Crippen LogP contribution in [0.25, 0.3) is 5.69 Å². The van der Waals surface area contributed by atoms with Crippen LogP contribution < -0.4 is 0 Å². The summed E-state index contributed by atoms with van der Waals surface area (Å²) in [6, 6.07) is 8.08. The number of aromatic nitrogens is 2. The molecule has 1 heterocycles. The van der Waals surface area contributed by atoms with E-state index in [-0.39, 0.29) is 5.41 Å².